The van der Waals surface area contributed by atoms with Crippen LogP contribution in [-0.4, -0.2) is 42.0 Å². The smallest absolute Gasteiger partial charge is 0.228 e. The molecule has 0 atom stereocenters. The Morgan fingerprint density at radius 3 is 2.36 bits per heavy atom. The first-order valence-corrected chi connectivity index (χ1v) is 9.90. The zero-order valence-electron chi connectivity index (χ0n) is 15.1. The standard InChI is InChI=1S/C21H19F2N3OS/c22-17-6-2-1-5-16(17)21-24-14-15(28-21)13-20(27)26-11-9-25(10-12-26)19-8-4-3-7-18(19)23/h1-8,14H,9-13H2. The Morgan fingerprint density at radius 2 is 1.64 bits per heavy atom. The van der Waals surface area contributed by atoms with Crippen molar-refractivity contribution >= 4 is 22.9 Å². The van der Waals surface area contributed by atoms with Crippen molar-refractivity contribution in [2.75, 3.05) is 31.1 Å². The van der Waals surface area contributed by atoms with Crippen LogP contribution >= 0.6 is 11.3 Å². The molecule has 4 nitrogen and oxygen atoms in total. The highest BCUT2D eigenvalue weighted by Crippen LogP contribution is 2.28. The van der Waals surface area contributed by atoms with Crippen molar-refractivity contribution in [2.24, 2.45) is 0 Å². The maximum atomic E-state index is 13.9. The van der Waals surface area contributed by atoms with Gasteiger partial charge in [0.25, 0.3) is 0 Å². The van der Waals surface area contributed by atoms with Gasteiger partial charge in [-0.25, -0.2) is 13.8 Å². The van der Waals surface area contributed by atoms with Gasteiger partial charge in [0.05, 0.1) is 12.1 Å². The van der Waals surface area contributed by atoms with Gasteiger partial charge in [0.15, 0.2) is 0 Å². The fraction of sp³-hybridized carbons (Fsp3) is 0.238. The van der Waals surface area contributed by atoms with Gasteiger partial charge in [-0.05, 0) is 24.3 Å². The highest BCUT2D eigenvalue weighted by Gasteiger charge is 2.23. The number of benzene rings is 2. The largest absolute Gasteiger partial charge is 0.366 e. The molecule has 1 aliphatic rings. The van der Waals surface area contributed by atoms with Crippen molar-refractivity contribution < 1.29 is 13.6 Å². The van der Waals surface area contributed by atoms with E-state index in [-0.39, 0.29) is 24.0 Å². The second-order valence-corrected chi connectivity index (χ2v) is 7.72. The van der Waals surface area contributed by atoms with Crippen molar-refractivity contribution in [1.82, 2.24) is 9.88 Å². The summed E-state index contributed by atoms with van der Waals surface area (Å²) < 4.78 is 27.8. The van der Waals surface area contributed by atoms with Crippen molar-refractivity contribution in [1.29, 1.82) is 0 Å². The van der Waals surface area contributed by atoms with Crippen molar-refractivity contribution in [2.45, 2.75) is 6.42 Å². The van der Waals surface area contributed by atoms with Crippen molar-refractivity contribution in [3.63, 3.8) is 0 Å². The number of thiazole rings is 1. The van der Waals surface area contributed by atoms with E-state index in [4.69, 9.17) is 0 Å². The summed E-state index contributed by atoms with van der Waals surface area (Å²) in [7, 11) is 0. The maximum Gasteiger partial charge on any atom is 0.228 e. The molecular formula is C21H19F2N3OS. The number of halogens is 2. The first-order valence-electron chi connectivity index (χ1n) is 9.08. The molecule has 0 unspecified atom stereocenters. The number of rotatable bonds is 4. The van der Waals surface area contributed by atoms with Gasteiger partial charge in [-0.2, -0.15) is 0 Å². The molecule has 28 heavy (non-hydrogen) atoms. The van der Waals surface area contributed by atoms with Gasteiger partial charge in [0.1, 0.15) is 16.6 Å². The molecule has 0 radical (unpaired) electrons. The summed E-state index contributed by atoms with van der Waals surface area (Å²) in [5.74, 6) is -0.552. The van der Waals surface area contributed by atoms with Crippen LogP contribution in [0.4, 0.5) is 14.5 Å². The Kier molecular flexibility index (Phi) is 5.34. The molecule has 0 aliphatic carbocycles. The summed E-state index contributed by atoms with van der Waals surface area (Å²) in [6, 6.07) is 13.2. The zero-order chi connectivity index (χ0) is 19.5. The molecule has 144 valence electrons. The lowest BCUT2D eigenvalue weighted by molar-refractivity contribution is -0.130. The van der Waals surface area contributed by atoms with Crippen LogP contribution in [0.5, 0.6) is 0 Å². The number of carbonyl (C=O) groups excluding carboxylic acids is 1. The number of piperazine rings is 1. The lowest BCUT2D eigenvalue weighted by Gasteiger charge is -2.36. The third kappa shape index (κ3) is 3.89. The van der Waals surface area contributed by atoms with Gasteiger partial charge >= 0.3 is 0 Å². The molecule has 7 heteroatoms. The molecule has 0 N–H and O–H groups in total. The topological polar surface area (TPSA) is 36.4 Å². The average molecular weight is 399 g/mol. The summed E-state index contributed by atoms with van der Waals surface area (Å²) >= 11 is 1.33. The summed E-state index contributed by atoms with van der Waals surface area (Å²) in [5.41, 5.74) is 1.02. The number of hydrogen-bond donors (Lipinski definition) is 0. The van der Waals surface area contributed by atoms with Crippen LogP contribution < -0.4 is 4.90 Å². The van der Waals surface area contributed by atoms with Gasteiger partial charge in [-0.3, -0.25) is 4.79 Å². The van der Waals surface area contributed by atoms with E-state index >= 15 is 0 Å². The lowest BCUT2D eigenvalue weighted by Crippen LogP contribution is -2.49. The Balaban J connectivity index is 1.37. The minimum Gasteiger partial charge on any atom is -0.366 e. The first kappa shape index (κ1) is 18.6. The fourth-order valence-electron chi connectivity index (χ4n) is 3.31. The predicted octanol–water partition coefficient (Wildman–Crippen LogP) is 3.98. The summed E-state index contributed by atoms with van der Waals surface area (Å²) in [4.78, 5) is 21.5. The normalized spacial score (nSPS) is 14.4. The number of nitrogens with zero attached hydrogens (tertiary/aromatic N) is 3. The summed E-state index contributed by atoms with van der Waals surface area (Å²) in [6.07, 6.45) is 1.88. The van der Waals surface area contributed by atoms with E-state index in [1.165, 1.54) is 23.5 Å². The molecule has 1 amide bonds. The molecule has 1 fully saturated rings. The molecule has 0 saturated carbocycles. The highest BCUT2D eigenvalue weighted by molar-refractivity contribution is 7.15. The third-order valence-electron chi connectivity index (χ3n) is 4.81. The Labute approximate surface area is 166 Å². The number of carbonyl (C=O) groups is 1. The SMILES string of the molecule is O=C(Cc1cnc(-c2ccccc2F)s1)N1CCN(c2ccccc2F)CC1. The minimum absolute atomic E-state index is 0.0110. The number of amides is 1. The van der Waals surface area contributed by atoms with Crippen LogP contribution in [0.15, 0.2) is 54.7 Å². The average Bonchev–Trinajstić information content (AvgIpc) is 3.17. The zero-order valence-corrected chi connectivity index (χ0v) is 16.0. The van der Waals surface area contributed by atoms with E-state index in [0.29, 0.717) is 42.4 Å². The van der Waals surface area contributed by atoms with Crippen molar-refractivity contribution in [3.05, 3.63) is 71.2 Å². The molecule has 1 aliphatic heterocycles. The van der Waals surface area contributed by atoms with E-state index in [0.717, 1.165) is 4.88 Å². The Bertz CT molecular complexity index is 983. The van der Waals surface area contributed by atoms with Gasteiger partial charge in [0, 0.05) is 42.8 Å². The molecule has 1 saturated heterocycles. The van der Waals surface area contributed by atoms with E-state index in [1.807, 2.05) is 11.0 Å². The van der Waals surface area contributed by atoms with Gasteiger partial charge in [0.2, 0.25) is 5.91 Å². The summed E-state index contributed by atoms with van der Waals surface area (Å²) in [5, 5.41) is 0.574. The number of para-hydroxylation sites is 1. The molecule has 2 aromatic carbocycles. The Morgan fingerprint density at radius 1 is 0.964 bits per heavy atom. The molecule has 0 spiro atoms. The van der Waals surface area contributed by atoms with E-state index in [2.05, 4.69) is 4.98 Å². The van der Waals surface area contributed by atoms with Gasteiger partial charge < -0.3 is 9.80 Å². The maximum absolute atomic E-state index is 13.9. The predicted molar refractivity (Wildman–Crippen MR) is 106 cm³/mol. The van der Waals surface area contributed by atoms with Crippen LogP contribution in [0.2, 0.25) is 0 Å². The number of anilines is 1. The van der Waals surface area contributed by atoms with E-state index in [1.54, 1.807) is 41.4 Å². The molecule has 2 heterocycles. The van der Waals surface area contributed by atoms with Crippen LogP contribution in [0.25, 0.3) is 10.6 Å². The van der Waals surface area contributed by atoms with Gasteiger partial charge in [-0.1, -0.05) is 24.3 Å². The van der Waals surface area contributed by atoms with E-state index in [9.17, 15) is 13.6 Å². The fourth-order valence-corrected chi connectivity index (χ4v) is 4.24. The second-order valence-electron chi connectivity index (χ2n) is 6.61. The molecule has 1 aromatic heterocycles. The highest BCUT2D eigenvalue weighted by atomic mass is 32.1. The number of hydrogen-bond acceptors (Lipinski definition) is 4. The minimum atomic E-state index is -0.320. The van der Waals surface area contributed by atoms with Crippen LogP contribution in [0, 0.1) is 11.6 Å². The molecule has 4 rings (SSSR count). The second kappa shape index (κ2) is 8.06. The van der Waals surface area contributed by atoms with Gasteiger partial charge in [-0.15, -0.1) is 11.3 Å². The quantitative estimate of drug-likeness (QED) is 0.666. The van der Waals surface area contributed by atoms with Crippen LogP contribution in [0.1, 0.15) is 4.88 Å². The van der Waals surface area contributed by atoms with E-state index < -0.39 is 0 Å². The lowest BCUT2D eigenvalue weighted by atomic mass is 10.2. The van der Waals surface area contributed by atoms with Crippen molar-refractivity contribution in [3.8, 4) is 10.6 Å². The summed E-state index contributed by atoms with van der Waals surface area (Å²) in [6.45, 7) is 2.28. The molecule has 3 aromatic rings. The third-order valence-corrected chi connectivity index (χ3v) is 5.84. The van der Waals surface area contributed by atoms with Crippen LogP contribution in [-0.2, 0) is 11.2 Å². The van der Waals surface area contributed by atoms with Crippen LogP contribution in [0.3, 0.4) is 0 Å². The molecule has 0 bridgehead atoms. The number of aromatic nitrogens is 1. The first-order chi connectivity index (χ1) is 13.6. The molecular weight excluding hydrogens is 380 g/mol. The monoisotopic (exact) mass is 399 g/mol. The Hall–Kier alpha value is -2.80.